The zero-order valence-corrected chi connectivity index (χ0v) is 16.7. The van der Waals surface area contributed by atoms with E-state index in [0.717, 1.165) is 41.8 Å². The largest absolute Gasteiger partial charge is 0.416 e. The molecule has 3 N–H and O–H groups in total. The minimum Gasteiger partial charge on any atom is -0.383 e. The average Bonchev–Trinajstić information content (AvgIpc) is 3.48. The second-order valence-corrected chi connectivity index (χ2v) is 7.82. The Morgan fingerprint density at radius 1 is 1.00 bits per heavy atom. The maximum absolute atomic E-state index is 12.8. The summed E-state index contributed by atoms with van der Waals surface area (Å²) in [7, 11) is 0. The smallest absolute Gasteiger partial charge is 0.383 e. The van der Waals surface area contributed by atoms with E-state index in [2.05, 4.69) is 15.3 Å². The van der Waals surface area contributed by atoms with E-state index in [1.165, 1.54) is 12.1 Å². The van der Waals surface area contributed by atoms with Crippen LogP contribution in [0.2, 0.25) is 5.02 Å². The second-order valence-electron chi connectivity index (χ2n) is 7.39. The number of rotatable bonds is 4. The van der Waals surface area contributed by atoms with Crippen molar-refractivity contribution in [2.75, 3.05) is 11.1 Å². The number of benzene rings is 2. The van der Waals surface area contributed by atoms with Crippen LogP contribution in [-0.4, -0.2) is 19.5 Å². The molecule has 31 heavy (non-hydrogen) atoms. The molecule has 1 aliphatic rings. The highest BCUT2D eigenvalue weighted by molar-refractivity contribution is 6.31. The summed E-state index contributed by atoms with van der Waals surface area (Å²) in [5, 5.41) is 3.49. The van der Waals surface area contributed by atoms with Crippen LogP contribution in [0, 0.1) is 0 Å². The highest BCUT2D eigenvalue weighted by Crippen LogP contribution is 2.42. The number of hydrogen-bond acceptors (Lipinski definition) is 5. The van der Waals surface area contributed by atoms with E-state index < -0.39 is 11.7 Å². The van der Waals surface area contributed by atoms with Gasteiger partial charge in [-0.2, -0.15) is 23.1 Å². The van der Waals surface area contributed by atoms with Crippen LogP contribution in [0.3, 0.4) is 0 Å². The summed E-state index contributed by atoms with van der Waals surface area (Å²) in [6.45, 7) is 0. The van der Waals surface area contributed by atoms with Gasteiger partial charge in [-0.25, -0.2) is 4.98 Å². The van der Waals surface area contributed by atoms with Crippen LogP contribution in [0.5, 0.6) is 0 Å². The number of nitrogens with one attached hydrogen (secondary N) is 1. The number of hydrogen-bond donors (Lipinski definition) is 2. The molecule has 0 atom stereocenters. The molecule has 1 fully saturated rings. The third-order valence-electron chi connectivity index (χ3n) is 5.01. The maximum Gasteiger partial charge on any atom is 0.416 e. The van der Waals surface area contributed by atoms with Crippen LogP contribution in [0.1, 0.15) is 30.1 Å². The standard InChI is InChI=1S/C21H16ClF3N6/c22-13-5-8-15-16(9-13)31(19(28-15)11-1-2-11)18-10-17(26)29-20(30-18)27-14-6-3-12(4-7-14)21(23,24)25/h3-11H,1-2H2,(H3,26,27,29,30). The van der Waals surface area contributed by atoms with Gasteiger partial charge in [-0.15, -0.1) is 0 Å². The highest BCUT2D eigenvalue weighted by Gasteiger charge is 2.31. The number of nitrogens with zero attached hydrogens (tertiary/aromatic N) is 4. The van der Waals surface area contributed by atoms with Gasteiger partial charge < -0.3 is 11.1 Å². The van der Waals surface area contributed by atoms with Gasteiger partial charge in [0.25, 0.3) is 0 Å². The third kappa shape index (κ3) is 3.88. The number of fused-ring (bicyclic) bond motifs is 1. The molecule has 2 aromatic heterocycles. The first-order valence-electron chi connectivity index (χ1n) is 9.55. The van der Waals surface area contributed by atoms with Crippen LogP contribution < -0.4 is 11.1 Å². The zero-order valence-electron chi connectivity index (χ0n) is 16.0. The fourth-order valence-corrected chi connectivity index (χ4v) is 3.58. The first kappa shape index (κ1) is 19.6. The summed E-state index contributed by atoms with van der Waals surface area (Å²) < 4.78 is 40.3. The lowest BCUT2D eigenvalue weighted by Gasteiger charge is -2.12. The molecule has 5 rings (SSSR count). The molecule has 0 bridgehead atoms. The molecule has 0 radical (unpaired) electrons. The Balaban J connectivity index is 1.55. The van der Waals surface area contributed by atoms with E-state index in [-0.39, 0.29) is 11.8 Å². The van der Waals surface area contributed by atoms with E-state index >= 15 is 0 Å². The van der Waals surface area contributed by atoms with Gasteiger partial charge in [0.15, 0.2) is 0 Å². The summed E-state index contributed by atoms with van der Waals surface area (Å²) in [4.78, 5) is 13.5. The van der Waals surface area contributed by atoms with Crippen LogP contribution in [0.25, 0.3) is 16.9 Å². The lowest BCUT2D eigenvalue weighted by atomic mass is 10.2. The third-order valence-corrected chi connectivity index (χ3v) is 5.25. The molecular formula is C21H16ClF3N6. The zero-order chi connectivity index (χ0) is 21.8. The summed E-state index contributed by atoms with van der Waals surface area (Å²) >= 11 is 6.21. The van der Waals surface area contributed by atoms with Gasteiger partial charge in [0.05, 0.1) is 16.6 Å². The predicted molar refractivity (Wildman–Crippen MR) is 113 cm³/mol. The van der Waals surface area contributed by atoms with Gasteiger partial charge in [0.1, 0.15) is 17.5 Å². The van der Waals surface area contributed by atoms with Crippen molar-refractivity contribution in [1.82, 2.24) is 19.5 Å². The number of imidazole rings is 1. The van der Waals surface area contributed by atoms with Crippen molar-refractivity contribution in [2.45, 2.75) is 24.9 Å². The van der Waals surface area contributed by atoms with E-state index in [1.54, 1.807) is 12.1 Å². The number of anilines is 3. The van der Waals surface area contributed by atoms with Gasteiger partial charge in [-0.3, -0.25) is 4.57 Å². The van der Waals surface area contributed by atoms with Crippen LogP contribution in [0.15, 0.2) is 48.5 Å². The minimum atomic E-state index is -4.40. The van der Waals surface area contributed by atoms with E-state index in [4.69, 9.17) is 22.3 Å². The van der Waals surface area contributed by atoms with Gasteiger partial charge in [-0.05, 0) is 55.3 Å². The molecular weight excluding hydrogens is 429 g/mol. The van der Waals surface area contributed by atoms with E-state index in [1.807, 2.05) is 16.7 Å². The van der Waals surface area contributed by atoms with Gasteiger partial charge in [-0.1, -0.05) is 11.6 Å². The molecule has 2 aromatic carbocycles. The summed E-state index contributed by atoms with van der Waals surface area (Å²) in [6, 6.07) is 11.7. The molecule has 0 aliphatic heterocycles. The quantitative estimate of drug-likeness (QED) is 0.422. The Labute approximate surface area is 179 Å². The first-order chi connectivity index (χ1) is 14.8. The van der Waals surface area contributed by atoms with Crippen molar-refractivity contribution < 1.29 is 13.2 Å². The van der Waals surface area contributed by atoms with Gasteiger partial charge in [0.2, 0.25) is 5.95 Å². The Morgan fingerprint density at radius 2 is 1.74 bits per heavy atom. The normalized spacial score (nSPS) is 14.2. The van der Waals surface area contributed by atoms with Gasteiger partial charge >= 0.3 is 6.18 Å². The molecule has 0 amide bonds. The van der Waals surface area contributed by atoms with E-state index in [9.17, 15) is 13.2 Å². The van der Waals surface area contributed by atoms with Crippen molar-refractivity contribution in [3.63, 3.8) is 0 Å². The SMILES string of the molecule is Nc1cc(-n2c(C3CC3)nc3ccc(Cl)cc32)nc(Nc2ccc(C(F)(F)F)cc2)n1. The highest BCUT2D eigenvalue weighted by atomic mass is 35.5. The lowest BCUT2D eigenvalue weighted by molar-refractivity contribution is -0.137. The molecule has 10 heteroatoms. The van der Waals surface area contributed by atoms with Crippen molar-refractivity contribution in [2.24, 2.45) is 0 Å². The number of nitrogens with two attached hydrogens (primary N) is 1. The average molecular weight is 445 g/mol. The summed E-state index contributed by atoms with van der Waals surface area (Å²) in [5.41, 5.74) is 7.28. The lowest BCUT2D eigenvalue weighted by Crippen LogP contribution is -2.08. The van der Waals surface area contributed by atoms with Crippen molar-refractivity contribution in [3.05, 3.63) is 64.9 Å². The molecule has 2 heterocycles. The van der Waals surface area contributed by atoms with Crippen molar-refractivity contribution >= 4 is 40.1 Å². The Hall–Kier alpha value is -3.33. The van der Waals surface area contributed by atoms with Crippen LogP contribution in [-0.2, 0) is 6.18 Å². The summed E-state index contributed by atoms with van der Waals surface area (Å²) in [5.74, 6) is 2.09. The first-order valence-corrected chi connectivity index (χ1v) is 9.93. The predicted octanol–water partition coefficient (Wildman–Crippen LogP) is 5.69. The second kappa shape index (κ2) is 7.12. The molecule has 0 spiro atoms. The fraction of sp³-hybridized carbons (Fsp3) is 0.190. The Bertz CT molecular complexity index is 1280. The molecule has 1 aliphatic carbocycles. The number of alkyl halides is 3. The topological polar surface area (TPSA) is 81.7 Å². The molecule has 0 unspecified atom stereocenters. The molecule has 158 valence electrons. The maximum atomic E-state index is 12.8. The van der Waals surface area contributed by atoms with Crippen LogP contribution >= 0.6 is 11.6 Å². The van der Waals surface area contributed by atoms with E-state index in [0.29, 0.717) is 22.4 Å². The molecule has 0 saturated heterocycles. The number of nitrogen functional groups attached to an aromatic ring is 1. The van der Waals surface area contributed by atoms with Crippen molar-refractivity contribution in [3.8, 4) is 5.82 Å². The Kier molecular flexibility index (Phi) is 4.51. The molecule has 6 nitrogen and oxygen atoms in total. The number of aromatic nitrogens is 4. The molecule has 4 aromatic rings. The van der Waals surface area contributed by atoms with Gasteiger partial charge in [0, 0.05) is 22.7 Å². The Morgan fingerprint density at radius 3 is 2.42 bits per heavy atom. The monoisotopic (exact) mass is 444 g/mol. The molecule has 1 saturated carbocycles. The fourth-order valence-electron chi connectivity index (χ4n) is 3.42. The summed E-state index contributed by atoms with van der Waals surface area (Å²) in [6.07, 6.45) is -2.33. The van der Waals surface area contributed by atoms with Crippen LogP contribution in [0.4, 0.5) is 30.6 Å². The minimum absolute atomic E-state index is 0.167. The number of halogens is 4. The van der Waals surface area contributed by atoms with Crippen molar-refractivity contribution in [1.29, 1.82) is 0 Å².